The van der Waals surface area contributed by atoms with Crippen LogP contribution in [0.15, 0.2) is 52.2 Å². The second-order valence-electron chi connectivity index (χ2n) is 8.45. The zero-order valence-corrected chi connectivity index (χ0v) is 18.2. The summed E-state index contributed by atoms with van der Waals surface area (Å²) in [5.41, 5.74) is 2.29. The fourth-order valence-corrected chi connectivity index (χ4v) is 4.73. The van der Waals surface area contributed by atoms with Gasteiger partial charge in [-0.15, -0.1) is 0 Å². The second-order valence-corrected chi connectivity index (χ2v) is 8.45. The number of fused-ring (bicyclic) bond motifs is 2. The van der Waals surface area contributed by atoms with E-state index in [2.05, 4.69) is 4.98 Å². The molecule has 1 saturated heterocycles. The van der Waals surface area contributed by atoms with E-state index in [4.69, 9.17) is 4.98 Å². The van der Waals surface area contributed by atoms with Gasteiger partial charge in [-0.05, 0) is 43.0 Å². The number of pyridine rings is 1. The quantitative estimate of drug-likeness (QED) is 0.539. The van der Waals surface area contributed by atoms with Gasteiger partial charge in [0.25, 0.3) is 5.56 Å². The number of aromatic amines is 1. The molecular weight excluding hydrogens is 406 g/mol. The van der Waals surface area contributed by atoms with E-state index in [-0.39, 0.29) is 17.5 Å². The normalized spacial score (nSPS) is 16.7. The van der Waals surface area contributed by atoms with Gasteiger partial charge in [0.15, 0.2) is 0 Å². The van der Waals surface area contributed by atoms with Gasteiger partial charge in [-0.2, -0.15) is 0 Å². The van der Waals surface area contributed by atoms with Crippen molar-refractivity contribution >= 4 is 27.8 Å². The van der Waals surface area contributed by atoms with Crippen molar-refractivity contribution < 1.29 is 4.79 Å². The molecule has 0 spiro atoms. The topological polar surface area (TPSA) is 93.0 Å². The molecule has 164 valence electrons. The van der Waals surface area contributed by atoms with Crippen molar-refractivity contribution in [1.29, 1.82) is 0 Å². The fourth-order valence-electron chi connectivity index (χ4n) is 4.73. The van der Waals surface area contributed by atoms with E-state index < -0.39 is 5.69 Å². The Bertz CT molecular complexity index is 1460. The zero-order valence-electron chi connectivity index (χ0n) is 18.2. The number of likely N-dealkylation sites (tertiary alicyclic amines) is 1. The highest BCUT2D eigenvalue weighted by molar-refractivity contribution is 5.89. The van der Waals surface area contributed by atoms with E-state index in [1.54, 1.807) is 13.1 Å². The average molecular weight is 431 g/mol. The van der Waals surface area contributed by atoms with Gasteiger partial charge in [0.2, 0.25) is 5.91 Å². The van der Waals surface area contributed by atoms with Gasteiger partial charge >= 0.3 is 5.69 Å². The van der Waals surface area contributed by atoms with Crippen molar-refractivity contribution in [2.24, 2.45) is 14.1 Å². The molecule has 1 aromatic carbocycles. The van der Waals surface area contributed by atoms with Crippen molar-refractivity contribution in [3.05, 3.63) is 74.7 Å². The summed E-state index contributed by atoms with van der Waals surface area (Å²) in [6, 6.07) is 11.3. The molecule has 1 aliphatic rings. The summed E-state index contributed by atoms with van der Waals surface area (Å²) in [5.74, 6) is 0.0548. The predicted octanol–water partition coefficient (Wildman–Crippen LogP) is 2.41. The molecule has 0 bridgehead atoms. The SMILES string of the molecule is Cn1c(=O)c2ccc([C@H]3CCCCN3C(=O)Cc3c[nH]c4ccccc34)nc2n(C)c1=O. The number of piperidine rings is 1. The Morgan fingerprint density at radius 1 is 1.06 bits per heavy atom. The fraction of sp³-hybridized carbons (Fsp3) is 0.333. The molecule has 1 atom stereocenters. The minimum Gasteiger partial charge on any atom is -0.361 e. The number of H-pyrrole nitrogens is 1. The van der Waals surface area contributed by atoms with E-state index in [0.717, 1.165) is 40.3 Å². The zero-order chi connectivity index (χ0) is 22.4. The monoisotopic (exact) mass is 431 g/mol. The van der Waals surface area contributed by atoms with Gasteiger partial charge < -0.3 is 9.88 Å². The first-order chi connectivity index (χ1) is 15.5. The Morgan fingerprint density at radius 2 is 1.88 bits per heavy atom. The second kappa shape index (κ2) is 7.78. The molecule has 1 fully saturated rings. The molecule has 0 unspecified atom stereocenters. The Labute approximate surface area is 184 Å². The van der Waals surface area contributed by atoms with Crippen LogP contribution in [0.5, 0.6) is 0 Å². The van der Waals surface area contributed by atoms with Crippen LogP contribution in [0.4, 0.5) is 0 Å². The van der Waals surface area contributed by atoms with Crippen molar-refractivity contribution in [3.63, 3.8) is 0 Å². The Morgan fingerprint density at radius 3 is 2.72 bits per heavy atom. The minimum absolute atomic E-state index is 0.0548. The van der Waals surface area contributed by atoms with Crippen molar-refractivity contribution in [2.75, 3.05) is 6.54 Å². The van der Waals surface area contributed by atoms with Crippen LogP contribution in [0, 0.1) is 0 Å². The number of nitrogens with one attached hydrogen (secondary N) is 1. The maximum Gasteiger partial charge on any atom is 0.332 e. The van der Waals surface area contributed by atoms with E-state index in [0.29, 0.717) is 29.7 Å². The molecule has 3 aromatic heterocycles. The third-order valence-corrected chi connectivity index (χ3v) is 6.50. The van der Waals surface area contributed by atoms with Gasteiger partial charge in [-0.1, -0.05) is 18.2 Å². The third kappa shape index (κ3) is 3.23. The molecule has 8 heteroatoms. The van der Waals surface area contributed by atoms with Crippen LogP contribution in [0.2, 0.25) is 0 Å². The van der Waals surface area contributed by atoms with E-state index >= 15 is 0 Å². The number of aryl methyl sites for hydroxylation is 1. The molecule has 32 heavy (non-hydrogen) atoms. The highest BCUT2D eigenvalue weighted by atomic mass is 16.2. The standard InChI is InChI=1S/C24H25N5O3/c1-27-22-17(23(31)28(2)24(27)32)10-11-19(26-22)20-9-5-6-12-29(20)21(30)13-15-14-25-18-8-4-3-7-16(15)18/h3-4,7-8,10-11,14,20,25H,5-6,9,12-13H2,1-2H3/t20-/m1/s1. The molecule has 1 N–H and O–H groups in total. The lowest BCUT2D eigenvalue weighted by Crippen LogP contribution is -2.40. The first-order valence-electron chi connectivity index (χ1n) is 10.9. The molecule has 0 saturated carbocycles. The van der Waals surface area contributed by atoms with Crippen LogP contribution >= 0.6 is 0 Å². The van der Waals surface area contributed by atoms with Gasteiger partial charge in [-0.3, -0.25) is 18.7 Å². The van der Waals surface area contributed by atoms with E-state index in [1.165, 1.54) is 11.6 Å². The van der Waals surface area contributed by atoms with Gasteiger partial charge in [0.05, 0.1) is 23.5 Å². The Kier molecular flexibility index (Phi) is 4.92. The number of nitrogens with zero attached hydrogens (tertiary/aromatic N) is 4. The first-order valence-corrected chi connectivity index (χ1v) is 10.9. The number of rotatable bonds is 3. The molecule has 4 heterocycles. The Hall–Kier alpha value is -3.68. The Balaban J connectivity index is 1.50. The van der Waals surface area contributed by atoms with Gasteiger partial charge in [0, 0.05) is 37.7 Å². The molecule has 1 amide bonds. The third-order valence-electron chi connectivity index (χ3n) is 6.50. The van der Waals surface area contributed by atoms with Crippen LogP contribution < -0.4 is 11.2 Å². The van der Waals surface area contributed by atoms with Crippen LogP contribution in [0.25, 0.3) is 21.9 Å². The number of para-hydroxylation sites is 1. The average Bonchev–Trinajstić information content (AvgIpc) is 3.23. The first kappa shape index (κ1) is 20.2. The summed E-state index contributed by atoms with van der Waals surface area (Å²) >= 11 is 0. The van der Waals surface area contributed by atoms with Gasteiger partial charge in [-0.25, -0.2) is 9.78 Å². The van der Waals surface area contributed by atoms with Crippen LogP contribution in [-0.2, 0) is 25.3 Å². The lowest BCUT2D eigenvalue weighted by atomic mass is 9.97. The summed E-state index contributed by atoms with van der Waals surface area (Å²) in [5, 5.41) is 1.45. The largest absolute Gasteiger partial charge is 0.361 e. The van der Waals surface area contributed by atoms with Crippen LogP contribution in [0.3, 0.4) is 0 Å². The maximum absolute atomic E-state index is 13.4. The number of hydrogen-bond acceptors (Lipinski definition) is 4. The number of amides is 1. The maximum atomic E-state index is 13.4. The van der Waals surface area contributed by atoms with Crippen molar-refractivity contribution in [3.8, 4) is 0 Å². The van der Waals surface area contributed by atoms with Crippen LogP contribution in [-0.4, -0.2) is 36.5 Å². The number of carbonyl (C=O) groups is 1. The molecule has 4 aromatic rings. The summed E-state index contributed by atoms with van der Waals surface area (Å²) < 4.78 is 2.47. The molecule has 0 radical (unpaired) electrons. The van der Waals surface area contributed by atoms with Crippen molar-refractivity contribution in [2.45, 2.75) is 31.7 Å². The molecular formula is C24H25N5O3. The number of carbonyl (C=O) groups excluding carboxylic acids is 1. The van der Waals surface area contributed by atoms with Gasteiger partial charge in [0.1, 0.15) is 5.65 Å². The molecule has 1 aliphatic heterocycles. The summed E-state index contributed by atoms with van der Waals surface area (Å²) in [6.45, 7) is 0.668. The highest BCUT2D eigenvalue weighted by Gasteiger charge is 2.30. The molecule has 0 aliphatic carbocycles. The van der Waals surface area contributed by atoms with E-state index in [9.17, 15) is 14.4 Å². The summed E-state index contributed by atoms with van der Waals surface area (Å²) in [7, 11) is 3.08. The number of benzene rings is 1. The summed E-state index contributed by atoms with van der Waals surface area (Å²) in [6.07, 6.45) is 4.96. The van der Waals surface area contributed by atoms with Crippen molar-refractivity contribution in [1.82, 2.24) is 24.0 Å². The lowest BCUT2D eigenvalue weighted by Gasteiger charge is -2.35. The molecule has 5 rings (SSSR count). The lowest BCUT2D eigenvalue weighted by molar-refractivity contribution is -0.134. The minimum atomic E-state index is -0.414. The highest BCUT2D eigenvalue weighted by Crippen LogP contribution is 2.31. The van der Waals surface area contributed by atoms with E-state index in [1.807, 2.05) is 41.4 Å². The predicted molar refractivity (Wildman–Crippen MR) is 123 cm³/mol. The number of hydrogen-bond donors (Lipinski definition) is 1. The smallest absolute Gasteiger partial charge is 0.332 e. The molecule has 8 nitrogen and oxygen atoms in total. The van der Waals surface area contributed by atoms with Crippen LogP contribution in [0.1, 0.15) is 36.6 Å². The number of aromatic nitrogens is 4. The summed E-state index contributed by atoms with van der Waals surface area (Å²) in [4.78, 5) is 48.0.